The van der Waals surface area contributed by atoms with Crippen LogP contribution in [0.5, 0.6) is 0 Å². The van der Waals surface area contributed by atoms with Gasteiger partial charge in [-0.25, -0.2) is 4.79 Å². The molecule has 1 aromatic rings. The van der Waals surface area contributed by atoms with Crippen LogP contribution in [0.4, 0.5) is 5.82 Å². The van der Waals surface area contributed by atoms with Gasteiger partial charge < -0.3 is 9.64 Å². The summed E-state index contributed by atoms with van der Waals surface area (Å²) in [5.74, 6) is 0.425. The van der Waals surface area contributed by atoms with Crippen LogP contribution in [0, 0.1) is 0 Å². The lowest BCUT2D eigenvalue weighted by atomic mass is 9.97. The normalized spacial score (nSPS) is 23.2. The number of rotatable bonds is 3. The highest BCUT2D eigenvalue weighted by Gasteiger charge is 2.26. The monoisotopic (exact) mass is 263 g/mol. The summed E-state index contributed by atoms with van der Waals surface area (Å²) >= 11 is 0. The number of ether oxygens (including phenoxy) is 1. The van der Waals surface area contributed by atoms with Crippen LogP contribution in [0.1, 0.15) is 50.5 Å². The Labute approximate surface area is 114 Å². The van der Waals surface area contributed by atoms with E-state index in [4.69, 9.17) is 4.74 Å². The molecule has 0 amide bonds. The minimum atomic E-state index is -0.415. The van der Waals surface area contributed by atoms with Crippen LogP contribution in [0.2, 0.25) is 0 Å². The summed E-state index contributed by atoms with van der Waals surface area (Å²) in [7, 11) is 0. The van der Waals surface area contributed by atoms with E-state index >= 15 is 0 Å². The summed E-state index contributed by atoms with van der Waals surface area (Å²) < 4.78 is 4.90. The van der Waals surface area contributed by atoms with Gasteiger partial charge in [0, 0.05) is 12.1 Å². The summed E-state index contributed by atoms with van der Waals surface area (Å²) in [4.78, 5) is 13.8. The van der Waals surface area contributed by atoms with E-state index in [9.17, 15) is 4.79 Å². The fraction of sp³-hybridized carbons (Fsp3) is 0.643. The van der Waals surface area contributed by atoms with Gasteiger partial charge in [0.1, 0.15) is 0 Å². The third-order valence-corrected chi connectivity index (χ3v) is 3.59. The number of nitrogens with zero attached hydrogens (tertiary/aromatic N) is 3. The summed E-state index contributed by atoms with van der Waals surface area (Å²) in [5, 5.41) is 8.16. The average molecular weight is 263 g/mol. The van der Waals surface area contributed by atoms with Crippen molar-refractivity contribution in [3.8, 4) is 0 Å². The molecule has 0 N–H and O–H groups in total. The first-order chi connectivity index (χ1) is 9.13. The summed E-state index contributed by atoms with van der Waals surface area (Å²) in [6.45, 7) is 6.53. The predicted molar refractivity (Wildman–Crippen MR) is 73.2 cm³/mol. The van der Waals surface area contributed by atoms with Gasteiger partial charge in [0.2, 0.25) is 0 Å². The van der Waals surface area contributed by atoms with Gasteiger partial charge in [0.25, 0.3) is 0 Å². The number of hydrogen-bond acceptors (Lipinski definition) is 5. The zero-order valence-corrected chi connectivity index (χ0v) is 11.8. The lowest BCUT2D eigenvalue weighted by Crippen LogP contribution is -2.44. The van der Waals surface area contributed by atoms with E-state index in [1.54, 1.807) is 13.0 Å². The summed E-state index contributed by atoms with van der Waals surface area (Å²) in [6.07, 6.45) is 3.60. The minimum absolute atomic E-state index is 0.267. The van der Waals surface area contributed by atoms with E-state index in [1.807, 2.05) is 6.07 Å². The molecule has 1 aromatic heterocycles. The Balaban J connectivity index is 2.15. The van der Waals surface area contributed by atoms with Crippen LogP contribution in [0.25, 0.3) is 0 Å². The highest BCUT2D eigenvalue weighted by atomic mass is 16.5. The maximum absolute atomic E-state index is 11.5. The second-order valence-electron chi connectivity index (χ2n) is 5.03. The standard InChI is InChI=1S/C14H21N3O2/c1-4-19-14(18)12-8-9-13(16-15-12)17-10(2)6-5-7-11(17)3/h8-11H,4-7H2,1-3H3/t10-,11-/m0/s1. The van der Waals surface area contributed by atoms with Gasteiger partial charge in [-0.1, -0.05) is 0 Å². The number of hydrogen-bond donors (Lipinski definition) is 0. The molecule has 2 heterocycles. The number of aromatic nitrogens is 2. The smallest absolute Gasteiger partial charge is 0.358 e. The molecule has 0 bridgehead atoms. The second-order valence-corrected chi connectivity index (χ2v) is 5.03. The van der Waals surface area contributed by atoms with Crippen LogP contribution in [0.15, 0.2) is 12.1 Å². The highest BCUT2D eigenvalue weighted by molar-refractivity contribution is 5.87. The van der Waals surface area contributed by atoms with E-state index in [0.717, 1.165) is 5.82 Å². The first-order valence-electron chi connectivity index (χ1n) is 6.92. The first kappa shape index (κ1) is 13.8. The van der Waals surface area contributed by atoms with Crippen molar-refractivity contribution in [2.75, 3.05) is 11.5 Å². The van der Waals surface area contributed by atoms with Crippen molar-refractivity contribution < 1.29 is 9.53 Å². The van der Waals surface area contributed by atoms with Gasteiger partial charge in [-0.3, -0.25) is 0 Å². The third-order valence-electron chi connectivity index (χ3n) is 3.59. The number of anilines is 1. The Hall–Kier alpha value is -1.65. The van der Waals surface area contributed by atoms with Crippen LogP contribution in [-0.4, -0.2) is 34.9 Å². The molecule has 5 heteroatoms. The topological polar surface area (TPSA) is 55.3 Å². The molecule has 1 aliphatic rings. The molecular formula is C14H21N3O2. The molecule has 1 aliphatic heterocycles. The van der Waals surface area contributed by atoms with Crippen molar-refractivity contribution in [1.82, 2.24) is 10.2 Å². The first-order valence-corrected chi connectivity index (χ1v) is 6.92. The zero-order chi connectivity index (χ0) is 13.8. The van der Waals surface area contributed by atoms with Gasteiger partial charge in [-0.15, -0.1) is 10.2 Å². The van der Waals surface area contributed by atoms with Gasteiger partial charge in [0.05, 0.1) is 6.61 Å². The maximum atomic E-state index is 11.5. The second kappa shape index (κ2) is 5.99. The van der Waals surface area contributed by atoms with E-state index in [2.05, 4.69) is 28.9 Å². The number of carbonyl (C=O) groups excluding carboxylic acids is 1. The number of esters is 1. The lowest BCUT2D eigenvalue weighted by Gasteiger charge is -2.39. The van der Waals surface area contributed by atoms with Crippen LogP contribution < -0.4 is 4.90 Å². The zero-order valence-electron chi connectivity index (χ0n) is 11.8. The van der Waals surface area contributed by atoms with Crippen molar-refractivity contribution in [2.45, 2.75) is 52.1 Å². The van der Waals surface area contributed by atoms with E-state index in [0.29, 0.717) is 18.7 Å². The molecule has 1 fully saturated rings. The van der Waals surface area contributed by atoms with Crippen molar-refractivity contribution in [3.63, 3.8) is 0 Å². The molecule has 5 nitrogen and oxygen atoms in total. The average Bonchev–Trinajstić information content (AvgIpc) is 2.39. The Kier molecular flexibility index (Phi) is 4.35. The van der Waals surface area contributed by atoms with Gasteiger partial charge in [0.15, 0.2) is 11.5 Å². The largest absolute Gasteiger partial charge is 0.461 e. The van der Waals surface area contributed by atoms with E-state index in [-0.39, 0.29) is 5.69 Å². The quantitative estimate of drug-likeness (QED) is 0.784. The number of piperidine rings is 1. The molecule has 0 unspecified atom stereocenters. The molecule has 0 spiro atoms. The number of carbonyl (C=O) groups is 1. The van der Waals surface area contributed by atoms with Crippen LogP contribution in [-0.2, 0) is 4.74 Å². The molecule has 104 valence electrons. The molecule has 2 atom stereocenters. The van der Waals surface area contributed by atoms with Crippen molar-refractivity contribution in [3.05, 3.63) is 17.8 Å². The Morgan fingerprint density at radius 3 is 2.53 bits per heavy atom. The van der Waals surface area contributed by atoms with Crippen molar-refractivity contribution in [2.24, 2.45) is 0 Å². The molecule has 0 aromatic carbocycles. The molecular weight excluding hydrogens is 242 g/mol. The molecule has 0 aliphatic carbocycles. The predicted octanol–water partition coefficient (Wildman–Crippen LogP) is 2.42. The fourth-order valence-electron chi connectivity index (χ4n) is 2.65. The molecule has 1 saturated heterocycles. The SMILES string of the molecule is CCOC(=O)c1ccc(N2[C@@H](C)CCC[C@@H]2C)nn1. The minimum Gasteiger partial charge on any atom is -0.461 e. The highest BCUT2D eigenvalue weighted by Crippen LogP contribution is 2.27. The summed E-state index contributed by atoms with van der Waals surface area (Å²) in [5.41, 5.74) is 0.267. The van der Waals surface area contributed by atoms with Crippen LogP contribution in [0.3, 0.4) is 0 Å². The van der Waals surface area contributed by atoms with E-state index in [1.165, 1.54) is 19.3 Å². The molecule has 2 rings (SSSR count). The van der Waals surface area contributed by atoms with E-state index < -0.39 is 5.97 Å². The Bertz CT molecular complexity index is 423. The van der Waals surface area contributed by atoms with Gasteiger partial charge >= 0.3 is 5.97 Å². The van der Waals surface area contributed by atoms with Gasteiger partial charge in [-0.2, -0.15) is 0 Å². The molecule has 0 radical (unpaired) electrons. The molecule has 0 saturated carbocycles. The molecule has 19 heavy (non-hydrogen) atoms. The Morgan fingerprint density at radius 1 is 1.32 bits per heavy atom. The fourth-order valence-corrected chi connectivity index (χ4v) is 2.65. The maximum Gasteiger partial charge on any atom is 0.358 e. The Morgan fingerprint density at radius 2 is 2.00 bits per heavy atom. The third kappa shape index (κ3) is 3.03. The van der Waals surface area contributed by atoms with Crippen molar-refractivity contribution in [1.29, 1.82) is 0 Å². The summed E-state index contributed by atoms with van der Waals surface area (Å²) in [6, 6.07) is 4.48. The van der Waals surface area contributed by atoms with Crippen molar-refractivity contribution >= 4 is 11.8 Å². The lowest BCUT2D eigenvalue weighted by molar-refractivity contribution is 0.0518. The van der Waals surface area contributed by atoms with Gasteiger partial charge in [-0.05, 0) is 52.2 Å². The van der Waals surface area contributed by atoms with Crippen LogP contribution >= 0.6 is 0 Å².